The second-order valence-electron chi connectivity index (χ2n) is 6.70. The molecule has 3 heterocycles. The molecule has 28 heavy (non-hydrogen) atoms. The number of fused-ring (bicyclic) bond motifs is 1. The molecule has 1 amide bonds. The minimum atomic E-state index is -0.294. The summed E-state index contributed by atoms with van der Waals surface area (Å²) < 4.78 is 2.24. The SMILES string of the molecule is O=C(Nc1cccc(-c2cnc3n2CCC3)c1)c1cnn(-c2ccccc2)n1. The number of rotatable bonds is 4. The Balaban J connectivity index is 1.37. The van der Waals surface area contributed by atoms with Crippen molar-refractivity contribution in [2.45, 2.75) is 19.4 Å². The first-order valence-corrected chi connectivity index (χ1v) is 9.22. The number of nitrogens with zero attached hydrogens (tertiary/aromatic N) is 5. The summed E-state index contributed by atoms with van der Waals surface area (Å²) in [6, 6.07) is 17.3. The summed E-state index contributed by atoms with van der Waals surface area (Å²) in [7, 11) is 0. The molecule has 7 nitrogen and oxygen atoms in total. The van der Waals surface area contributed by atoms with Crippen LogP contribution in [0.15, 0.2) is 67.0 Å². The average molecular weight is 370 g/mol. The Hall–Kier alpha value is -3.74. The van der Waals surface area contributed by atoms with Crippen molar-refractivity contribution in [2.75, 3.05) is 5.32 Å². The maximum absolute atomic E-state index is 12.6. The normalized spacial score (nSPS) is 12.7. The van der Waals surface area contributed by atoms with Crippen molar-refractivity contribution >= 4 is 11.6 Å². The standard InChI is InChI=1S/C21H18N6O/c28-21(18-13-23-27(25-18)17-8-2-1-3-9-17)24-16-7-4-6-15(12-16)19-14-22-20-10-5-11-26(19)20/h1-4,6-9,12-14H,5,10-11H2,(H,24,28). The molecule has 0 atom stereocenters. The Labute approximate surface area is 161 Å². The van der Waals surface area contributed by atoms with E-state index in [0.717, 1.165) is 42.2 Å². The van der Waals surface area contributed by atoms with Gasteiger partial charge in [0.05, 0.1) is 23.8 Å². The van der Waals surface area contributed by atoms with Gasteiger partial charge in [0.25, 0.3) is 5.91 Å². The predicted molar refractivity (Wildman–Crippen MR) is 105 cm³/mol. The van der Waals surface area contributed by atoms with E-state index in [4.69, 9.17) is 0 Å². The monoisotopic (exact) mass is 370 g/mol. The summed E-state index contributed by atoms with van der Waals surface area (Å²) in [5.74, 6) is 0.833. The number of hydrogen-bond acceptors (Lipinski definition) is 4. The van der Waals surface area contributed by atoms with Gasteiger partial charge in [-0.3, -0.25) is 4.79 Å². The van der Waals surface area contributed by atoms with Gasteiger partial charge in [0.15, 0.2) is 5.69 Å². The van der Waals surface area contributed by atoms with E-state index in [-0.39, 0.29) is 11.6 Å². The van der Waals surface area contributed by atoms with Crippen LogP contribution in [0.1, 0.15) is 22.7 Å². The molecule has 2 aromatic heterocycles. The Morgan fingerprint density at radius 2 is 1.93 bits per heavy atom. The number of imidazole rings is 1. The topological polar surface area (TPSA) is 77.6 Å². The van der Waals surface area contributed by atoms with E-state index < -0.39 is 0 Å². The number of anilines is 1. The highest BCUT2D eigenvalue weighted by Gasteiger charge is 2.17. The molecule has 0 saturated heterocycles. The van der Waals surface area contributed by atoms with Gasteiger partial charge in [-0.15, -0.1) is 5.10 Å². The molecule has 0 spiro atoms. The third kappa shape index (κ3) is 2.96. The molecule has 1 N–H and O–H groups in total. The van der Waals surface area contributed by atoms with Crippen molar-refractivity contribution in [1.82, 2.24) is 24.5 Å². The molecule has 0 aliphatic carbocycles. The van der Waals surface area contributed by atoms with E-state index in [1.54, 1.807) is 0 Å². The largest absolute Gasteiger partial charge is 0.328 e. The van der Waals surface area contributed by atoms with Crippen molar-refractivity contribution in [3.05, 3.63) is 78.5 Å². The molecule has 1 aliphatic rings. The van der Waals surface area contributed by atoms with Crippen molar-refractivity contribution in [1.29, 1.82) is 0 Å². The fourth-order valence-corrected chi connectivity index (χ4v) is 3.49. The Morgan fingerprint density at radius 1 is 1.04 bits per heavy atom. The van der Waals surface area contributed by atoms with E-state index in [9.17, 15) is 4.79 Å². The van der Waals surface area contributed by atoms with Crippen LogP contribution in [0.2, 0.25) is 0 Å². The second-order valence-corrected chi connectivity index (χ2v) is 6.70. The van der Waals surface area contributed by atoms with Gasteiger partial charge < -0.3 is 9.88 Å². The summed E-state index contributed by atoms with van der Waals surface area (Å²) in [6.45, 7) is 0.990. The van der Waals surface area contributed by atoms with Crippen LogP contribution < -0.4 is 5.32 Å². The Morgan fingerprint density at radius 3 is 2.82 bits per heavy atom. The first-order chi connectivity index (χ1) is 13.8. The molecule has 4 aromatic rings. The lowest BCUT2D eigenvalue weighted by molar-refractivity contribution is 0.102. The summed E-state index contributed by atoms with van der Waals surface area (Å²) in [6.07, 6.45) is 5.52. The lowest BCUT2D eigenvalue weighted by Crippen LogP contribution is -2.13. The zero-order chi connectivity index (χ0) is 18.9. The highest BCUT2D eigenvalue weighted by Crippen LogP contribution is 2.27. The van der Waals surface area contributed by atoms with E-state index in [2.05, 4.69) is 25.1 Å². The second kappa shape index (κ2) is 6.77. The third-order valence-electron chi connectivity index (χ3n) is 4.85. The third-order valence-corrected chi connectivity index (χ3v) is 4.85. The number of para-hydroxylation sites is 1. The number of amides is 1. The molecule has 0 fully saturated rings. The minimum absolute atomic E-state index is 0.263. The first kappa shape index (κ1) is 16.4. The molecule has 2 aromatic carbocycles. The van der Waals surface area contributed by atoms with Crippen molar-refractivity contribution < 1.29 is 4.79 Å². The number of carbonyl (C=O) groups is 1. The summed E-state index contributed by atoms with van der Waals surface area (Å²) in [5.41, 5.74) is 3.90. The fourth-order valence-electron chi connectivity index (χ4n) is 3.49. The molecular weight excluding hydrogens is 352 g/mol. The molecule has 0 bridgehead atoms. The van der Waals surface area contributed by atoms with Crippen LogP contribution in [0, 0.1) is 0 Å². The fraction of sp³-hybridized carbons (Fsp3) is 0.143. The van der Waals surface area contributed by atoms with Crippen molar-refractivity contribution in [3.63, 3.8) is 0 Å². The average Bonchev–Trinajstić information content (AvgIpc) is 3.46. The van der Waals surface area contributed by atoms with E-state index >= 15 is 0 Å². The summed E-state index contributed by atoms with van der Waals surface area (Å²) >= 11 is 0. The molecule has 1 aliphatic heterocycles. The quantitative estimate of drug-likeness (QED) is 0.598. The maximum Gasteiger partial charge on any atom is 0.277 e. The van der Waals surface area contributed by atoms with Crippen LogP contribution >= 0.6 is 0 Å². The summed E-state index contributed by atoms with van der Waals surface area (Å²) in [5, 5.41) is 11.4. The van der Waals surface area contributed by atoms with E-state index in [1.165, 1.54) is 11.0 Å². The zero-order valence-corrected chi connectivity index (χ0v) is 15.1. The van der Waals surface area contributed by atoms with Crippen molar-refractivity contribution in [3.8, 4) is 16.9 Å². The minimum Gasteiger partial charge on any atom is -0.328 e. The molecule has 5 rings (SSSR count). The summed E-state index contributed by atoms with van der Waals surface area (Å²) in [4.78, 5) is 18.5. The molecule has 138 valence electrons. The Bertz CT molecular complexity index is 1140. The molecule has 0 radical (unpaired) electrons. The number of nitrogens with one attached hydrogen (secondary N) is 1. The van der Waals surface area contributed by atoms with E-state index in [0.29, 0.717) is 5.69 Å². The van der Waals surface area contributed by atoms with Gasteiger partial charge in [-0.25, -0.2) is 4.98 Å². The number of aromatic nitrogens is 5. The zero-order valence-electron chi connectivity index (χ0n) is 15.1. The van der Waals surface area contributed by atoms with Gasteiger partial charge in [-0.05, 0) is 30.7 Å². The van der Waals surface area contributed by atoms with Crippen LogP contribution in [0.3, 0.4) is 0 Å². The van der Waals surface area contributed by atoms with Crippen LogP contribution in [0.25, 0.3) is 16.9 Å². The van der Waals surface area contributed by atoms with Gasteiger partial charge in [0.1, 0.15) is 5.82 Å². The maximum atomic E-state index is 12.6. The lowest BCUT2D eigenvalue weighted by atomic mass is 10.1. The van der Waals surface area contributed by atoms with Gasteiger partial charge in [0, 0.05) is 24.2 Å². The van der Waals surface area contributed by atoms with Gasteiger partial charge >= 0.3 is 0 Å². The van der Waals surface area contributed by atoms with Crippen molar-refractivity contribution in [2.24, 2.45) is 0 Å². The van der Waals surface area contributed by atoms with Crippen LogP contribution in [-0.4, -0.2) is 30.5 Å². The highest BCUT2D eigenvalue weighted by atomic mass is 16.2. The van der Waals surface area contributed by atoms with Gasteiger partial charge in [-0.2, -0.15) is 9.90 Å². The number of aryl methyl sites for hydroxylation is 1. The smallest absolute Gasteiger partial charge is 0.277 e. The van der Waals surface area contributed by atoms with E-state index in [1.807, 2.05) is 60.8 Å². The lowest BCUT2D eigenvalue weighted by Gasteiger charge is -2.08. The molecular formula is C21H18N6O. The predicted octanol–water partition coefficient (Wildman–Crippen LogP) is 3.33. The molecule has 0 saturated carbocycles. The van der Waals surface area contributed by atoms with Crippen LogP contribution in [-0.2, 0) is 13.0 Å². The highest BCUT2D eigenvalue weighted by molar-refractivity contribution is 6.02. The number of hydrogen-bond donors (Lipinski definition) is 1. The number of benzene rings is 2. The number of carbonyl (C=O) groups excluding carboxylic acids is 1. The molecule has 7 heteroatoms. The Kier molecular flexibility index (Phi) is 3.97. The first-order valence-electron chi connectivity index (χ1n) is 9.22. The van der Waals surface area contributed by atoms with Crippen LogP contribution in [0.4, 0.5) is 5.69 Å². The van der Waals surface area contributed by atoms with Gasteiger partial charge in [-0.1, -0.05) is 30.3 Å². The molecule has 0 unspecified atom stereocenters. The van der Waals surface area contributed by atoms with Gasteiger partial charge in [0.2, 0.25) is 0 Å². The van der Waals surface area contributed by atoms with Crippen LogP contribution in [0.5, 0.6) is 0 Å².